The molecule has 9 heteroatoms. The van der Waals surface area contributed by atoms with Gasteiger partial charge in [-0.05, 0) is 38.0 Å². The number of hydrogen-bond acceptors (Lipinski definition) is 5. The number of rotatable bonds is 3. The summed E-state index contributed by atoms with van der Waals surface area (Å²) in [6, 6.07) is 0. The zero-order valence-electron chi connectivity index (χ0n) is 10.9. The fraction of sp³-hybridized carbons (Fsp3) is 0.833. The van der Waals surface area contributed by atoms with Crippen LogP contribution in [0.15, 0.2) is 0 Å². The van der Waals surface area contributed by atoms with Gasteiger partial charge in [-0.15, -0.1) is 0 Å². The standard InChI is InChI=1S/C12H14F2O6S/c13-12(14,21(17,18)19)10(16)20-11-3-6-1-7(4-11)9(15)8(2-6)5-11/h6-8H,1-5H2,(H,17,18,19)/t6?,7-,8?,11?/m0/s1. The van der Waals surface area contributed by atoms with Crippen LogP contribution in [0.5, 0.6) is 0 Å². The van der Waals surface area contributed by atoms with E-state index in [0.29, 0.717) is 19.3 Å². The Morgan fingerprint density at radius 1 is 1.24 bits per heavy atom. The number of ether oxygens (including phenoxy) is 1. The number of Topliss-reactive ketones (excluding diaryl/α,β-unsaturated/α-hetero) is 1. The molecule has 4 bridgehead atoms. The number of halogens is 2. The van der Waals surface area contributed by atoms with Crippen molar-refractivity contribution in [2.24, 2.45) is 17.8 Å². The second kappa shape index (κ2) is 4.22. The molecule has 4 saturated carbocycles. The number of carbonyl (C=O) groups is 2. The Morgan fingerprint density at radius 3 is 2.24 bits per heavy atom. The average molecular weight is 324 g/mol. The van der Waals surface area contributed by atoms with Crippen molar-refractivity contribution < 1.29 is 36.1 Å². The van der Waals surface area contributed by atoms with Gasteiger partial charge in [0.2, 0.25) is 0 Å². The van der Waals surface area contributed by atoms with Gasteiger partial charge in [-0.25, -0.2) is 4.79 Å². The lowest BCUT2D eigenvalue weighted by molar-refractivity contribution is -0.201. The third-order valence-electron chi connectivity index (χ3n) is 4.81. The molecule has 4 atom stereocenters. The van der Waals surface area contributed by atoms with Crippen LogP contribution in [-0.2, 0) is 24.4 Å². The zero-order chi connectivity index (χ0) is 15.6. The van der Waals surface area contributed by atoms with Gasteiger partial charge >= 0.3 is 21.3 Å². The van der Waals surface area contributed by atoms with Crippen LogP contribution in [-0.4, -0.2) is 35.6 Å². The van der Waals surface area contributed by atoms with Gasteiger partial charge in [-0.2, -0.15) is 17.2 Å². The summed E-state index contributed by atoms with van der Waals surface area (Å²) >= 11 is 0. The van der Waals surface area contributed by atoms with E-state index in [1.807, 2.05) is 0 Å². The van der Waals surface area contributed by atoms with E-state index in [9.17, 15) is 26.8 Å². The molecule has 0 amide bonds. The van der Waals surface area contributed by atoms with Gasteiger partial charge in [0.15, 0.2) is 0 Å². The highest BCUT2D eigenvalue weighted by molar-refractivity contribution is 7.87. The summed E-state index contributed by atoms with van der Waals surface area (Å²) in [5.41, 5.74) is -1.20. The third-order valence-corrected chi connectivity index (χ3v) is 5.62. The Balaban J connectivity index is 1.83. The summed E-state index contributed by atoms with van der Waals surface area (Å²) in [6.45, 7) is 0. The number of esters is 1. The van der Waals surface area contributed by atoms with Crippen LogP contribution < -0.4 is 0 Å². The molecule has 0 radical (unpaired) electrons. The van der Waals surface area contributed by atoms with Crippen molar-refractivity contribution in [3.8, 4) is 0 Å². The number of alkyl halides is 2. The summed E-state index contributed by atoms with van der Waals surface area (Å²) in [4.78, 5) is 23.4. The lowest BCUT2D eigenvalue weighted by Gasteiger charge is -2.54. The number of carbonyl (C=O) groups excluding carboxylic acids is 2. The predicted octanol–water partition coefficient (Wildman–Crippen LogP) is 1.16. The van der Waals surface area contributed by atoms with Crippen molar-refractivity contribution in [2.45, 2.75) is 43.0 Å². The summed E-state index contributed by atoms with van der Waals surface area (Å²) < 4.78 is 61.0. The summed E-state index contributed by atoms with van der Waals surface area (Å²) in [5.74, 6) is -2.65. The molecule has 0 heterocycles. The molecule has 0 aromatic rings. The molecule has 1 N–H and O–H groups in total. The highest BCUT2D eigenvalue weighted by atomic mass is 32.2. The molecule has 0 aromatic carbocycles. The molecule has 21 heavy (non-hydrogen) atoms. The summed E-state index contributed by atoms with van der Waals surface area (Å²) in [5, 5.41) is -4.99. The average Bonchev–Trinajstić information content (AvgIpc) is 2.32. The Labute approximate surface area is 119 Å². The maximum absolute atomic E-state index is 13.3. The molecule has 4 fully saturated rings. The summed E-state index contributed by atoms with van der Waals surface area (Å²) in [7, 11) is -5.87. The molecular formula is C12H14F2O6S. The number of hydrogen-bond donors (Lipinski definition) is 1. The zero-order valence-corrected chi connectivity index (χ0v) is 11.7. The van der Waals surface area contributed by atoms with Crippen LogP contribution in [0.1, 0.15) is 32.1 Å². The second-order valence-corrected chi connectivity index (χ2v) is 7.77. The van der Waals surface area contributed by atoms with Crippen molar-refractivity contribution in [1.29, 1.82) is 0 Å². The van der Waals surface area contributed by atoms with E-state index in [2.05, 4.69) is 0 Å². The van der Waals surface area contributed by atoms with E-state index in [1.54, 1.807) is 0 Å². The van der Waals surface area contributed by atoms with E-state index < -0.39 is 26.9 Å². The predicted molar refractivity (Wildman–Crippen MR) is 63.9 cm³/mol. The molecule has 118 valence electrons. The van der Waals surface area contributed by atoms with Crippen LogP contribution in [0.3, 0.4) is 0 Å². The second-order valence-electron chi connectivity index (χ2n) is 6.31. The highest BCUT2D eigenvalue weighted by Gasteiger charge is 2.61. The first-order valence-corrected chi connectivity index (χ1v) is 8.10. The van der Waals surface area contributed by atoms with Crippen LogP contribution in [0.2, 0.25) is 0 Å². The maximum atomic E-state index is 13.3. The van der Waals surface area contributed by atoms with Crippen LogP contribution >= 0.6 is 0 Å². The number of ketones is 1. The minimum Gasteiger partial charge on any atom is -0.454 e. The Hall–Kier alpha value is -1.09. The van der Waals surface area contributed by atoms with Gasteiger partial charge in [-0.1, -0.05) is 0 Å². The van der Waals surface area contributed by atoms with Crippen LogP contribution in [0.25, 0.3) is 0 Å². The lowest BCUT2D eigenvalue weighted by Crippen LogP contribution is -2.58. The molecule has 6 nitrogen and oxygen atoms in total. The molecule has 0 saturated heterocycles. The first-order valence-electron chi connectivity index (χ1n) is 6.66. The van der Waals surface area contributed by atoms with Crippen molar-refractivity contribution in [2.75, 3.05) is 0 Å². The fourth-order valence-corrected chi connectivity index (χ4v) is 4.41. The largest absolute Gasteiger partial charge is 0.465 e. The molecule has 3 unspecified atom stereocenters. The first kappa shape index (κ1) is 14.8. The van der Waals surface area contributed by atoms with E-state index >= 15 is 0 Å². The molecule has 4 rings (SSSR count). The van der Waals surface area contributed by atoms with E-state index in [0.717, 1.165) is 0 Å². The normalized spacial score (nSPS) is 38.6. The lowest BCUT2D eigenvalue weighted by atomic mass is 9.53. The Kier molecular flexibility index (Phi) is 2.98. The monoisotopic (exact) mass is 324 g/mol. The maximum Gasteiger partial charge on any atom is 0.465 e. The minimum absolute atomic E-state index is 0.0826. The van der Waals surface area contributed by atoms with Gasteiger partial charge in [0.1, 0.15) is 11.4 Å². The first-order chi connectivity index (χ1) is 9.54. The molecular weight excluding hydrogens is 310 g/mol. The Morgan fingerprint density at radius 2 is 1.76 bits per heavy atom. The van der Waals surface area contributed by atoms with Gasteiger partial charge in [0.25, 0.3) is 0 Å². The summed E-state index contributed by atoms with van der Waals surface area (Å²) in [6.07, 6.45) is 2.02. The van der Waals surface area contributed by atoms with Gasteiger partial charge < -0.3 is 4.74 Å². The van der Waals surface area contributed by atoms with E-state index in [1.165, 1.54) is 0 Å². The molecule has 4 aliphatic carbocycles. The smallest absolute Gasteiger partial charge is 0.454 e. The minimum atomic E-state index is -5.87. The SMILES string of the molecule is O=C1C2CC3C[C@H]1CC(OC(=O)C(F)(F)S(=O)(=O)O)(C3)C2. The van der Waals surface area contributed by atoms with Crippen molar-refractivity contribution in [3.63, 3.8) is 0 Å². The van der Waals surface area contributed by atoms with Crippen LogP contribution in [0.4, 0.5) is 8.78 Å². The fourth-order valence-electron chi connectivity index (χ4n) is 4.16. The topological polar surface area (TPSA) is 97.7 Å². The van der Waals surface area contributed by atoms with Gasteiger partial charge in [0, 0.05) is 11.8 Å². The van der Waals surface area contributed by atoms with E-state index in [-0.39, 0.29) is 36.4 Å². The van der Waals surface area contributed by atoms with E-state index in [4.69, 9.17) is 9.29 Å². The van der Waals surface area contributed by atoms with Gasteiger partial charge in [-0.3, -0.25) is 9.35 Å². The van der Waals surface area contributed by atoms with Gasteiger partial charge in [0.05, 0.1) is 0 Å². The molecule has 4 aliphatic rings. The van der Waals surface area contributed by atoms with Crippen LogP contribution in [0, 0.1) is 17.8 Å². The van der Waals surface area contributed by atoms with Crippen molar-refractivity contribution >= 4 is 21.9 Å². The van der Waals surface area contributed by atoms with Crippen molar-refractivity contribution in [3.05, 3.63) is 0 Å². The van der Waals surface area contributed by atoms with Crippen molar-refractivity contribution in [1.82, 2.24) is 0 Å². The highest BCUT2D eigenvalue weighted by Crippen LogP contribution is 2.55. The third kappa shape index (κ3) is 2.17. The molecule has 0 aliphatic heterocycles. The molecule has 0 spiro atoms. The molecule has 0 aromatic heterocycles. The Bertz CT molecular complexity index is 595. The quantitative estimate of drug-likeness (QED) is 0.618.